The number of aromatic hydroxyl groups is 1. The van der Waals surface area contributed by atoms with Crippen molar-refractivity contribution in [3.05, 3.63) is 58.5 Å². The molecule has 2 N–H and O–H groups in total. The van der Waals surface area contributed by atoms with E-state index in [0.717, 1.165) is 0 Å². The third-order valence-electron chi connectivity index (χ3n) is 3.88. The van der Waals surface area contributed by atoms with Crippen molar-refractivity contribution in [1.82, 2.24) is 14.9 Å². The number of aromatic nitrogens is 2. The predicted molar refractivity (Wildman–Crippen MR) is 98.2 cm³/mol. The fourth-order valence-electron chi connectivity index (χ4n) is 2.71. The molecule has 7 heteroatoms. The second-order valence-electron chi connectivity index (χ2n) is 6.06. The van der Waals surface area contributed by atoms with Gasteiger partial charge in [0.15, 0.2) is 5.65 Å². The van der Waals surface area contributed by atoms with Crippen molar-refractivity contribution in [2.24, 2.45) is 0 Å². The molecule has 0 saturated heterocycles. The van der Waals surface area contributed by atoms with Crippen LogP contribution in [0, 0.1) is 0 Å². The summed E-state index contributed by atoms with van der Waals surface area (Å²) in [7, 11) is 1.55. The molecule has 1 amide bonds. The molecule has 3 aromatic rings. The number of pyridine rings is 2. The van der Waals surface area contributed by atoms with Crippen LogP contribution in [0.3, 0.4) is 0 Å². The highest BCUT2D eigenvalue weighted by molar-refractivity contribution is 6.02. The third kappa shape index (κ3) is 2.99. The fourth-order valence-corrected chi connectivity index (χ4v) is 2.71. The van der Waals surface area contributed by atoms with Crippen molar-refractivity contribution in [3.63, 3.8) is 0 Å². The molecule has 0 fully saturated rings. The number of ether oxygens (including phenoxy) is 1. The second kappa shape index (κ2) is 6.87. The van der Waals surface area contributed by atoms with Crippen LogP contribution < -0.4 is 15.6 Å². The van der Waals surface area contributed by atoms with E-state index in [9.17, 15) is 14.7 Å². The van der Waals surface area contributed by atoms with E-state index in [4.69, 9.17) is 4.74 Å². The maximum absolute atomic E-state index is 13.1. The largest absolute Gasteiger partial charge is 0.506 e. The van der Waals surface area contributed by atoms with Gasteiger partial charge < -0.3 is 15.2 Å². The molecule has 0 bridgehead atoms. The Balaban J connectivity index is 2.33. The number of hydrogen-bond acceptors (Lipinski definition) is 5. The summed E-state index contributed by atoms with van der Waals surface area (Å²) in [6.45, 7) is 3.55. The number of nitrogens with one attached hydrogen (secondary N) is 1. The Morgan fingerprint density at radius 3 is 2.54 bits per heavy atom. The van der Waals surface area contributed by atoms with Crippen molar-refractivity contribution >= 4 is 16.9 Å². The zero-order valence-corrected chi connectivity index (χ0v) is 14.7. The number of nitrogens with zero attached hydrogens (tertiary/aromatic N) is 2. The van der Waals surface area contributed by atoms with E-state index >= 15 is 0 Å². The standard InChI is InChI=1S/C19H19N3O4/c1-11(2)21-18(24)15-16(23)14-5-4-10-20-17(14)22(19(15)25)12-6-8-13(26-3)9-7-12/h4-11,23H,1-3H3,(H,21,24). The molecule has 0 aliphatic heterocycles. The van der Waals surface area contributed by atoms with Crippen molar-refractivity contribution in [2.75, 3.05) is 7.11 Å². The number of benzene rings is 1. The van der Waals surface area contributed by atoms with Gasteiger partial charge in [0.05, 0.1) is 18.2 Å². The van der Waals surface area contributed by atoms with Gasteiger partial charge in [-0.2, -0.15) is 0 Å². The van der Waals surface area contributed by atoms with E-state index in [1.807, 2.05) is 0 Å². The van der Waals surface area contributed by atoms with Crippen LogP contribution >= 0.6 is 0 Å². The molecule has 1 aromatic carbocycles. The number of amides is 1. The minimum atomic E-state index is -0.642. The van der Waals surface area contributed by atoms with Crippen molar-refractivity contribution in [2.45, 2.75) is 19.9 Å². The predicted octanol–water partition coefficient (Wildman–Crippen LogP) is 2.24. The lowest BCUT2D eigenvalue weighted by molar-refractivity contribution is 0.0939. The Kier molecular flexibility index (Phi) is 4.62. The Morgan fingerprint density at radius 2 is 1.92 bits per heavy atom. The van der Waals surface area contributed by atoms with Crippen LogP contribution in [0.1, 0.15) is 24.2 Å². The molecular weight excluding hydrogens is 334 g/mol. The number of carbonyl (C=O) groups is 1. The number of rotatable bonds is 4. The smallest absolute Gasteiger partial charge is 0.273 e. The van der Waals surface area contributed by atoms with Crippen LogP contribution in [0.2, 0.25) is 0 Å². The summed E-state index contributed by atoms with van der Waals surface area (Å²) in [6.07, 6.45) is 1.52. The SMILES string of the molecule is COc1ccc(-n2c(=O)c(C(=O)NC(C)C)c(O)c3cccnc32)cc1. The molecule has 0 atom stereocenters. The van der Waals surface area contributed by atoms with Gasteiger partial charge in [0.25, 0.3) is 11.5 Å². The average molecular weight is 353 g/mol. The van der Waals surface area contributed by atoms with Gasteiger partial charge in [0.1, 0.15) is 17.1 Å². The van der Waals surface area contributed by atoms with Crippen molar-refractivity contribution in [1.29, 1.82) is 0 Å². The molecular formula is C19H19N3O4. The quantitative estimate of drug-likeness (QED) is 0.750. The minimum absolute atomic E-state index is 0.180. The topological polar surface area (TPSA) is 93.5 Å². The fraction of sp³-hybridized carbons (Fsp3) is 0.211. The lowest BCUT2D eigenvalue weighted by Gasteiger charge is -2.15. The summed E-state index contributed by atoms with van der Waals surface area (Å²) in [5, 5.41) is 13.5. The Bertz CT molecular complexity index is 1020. The lowest BCUT2D eigenvalue weighted by atomic mass is 10.1. The summed E-state index contributed by atoms with van der Waals surface area (Å²) in [5.41, 5.74) is -0.175. The summed E-state index contributed by atoms with van der Waals surface area (Å²) in [4.78, 5) is 29.8. The van der Waals surface area contributed by atoms with Gasteiger partial charge in [0.2, 0.25) is 0 Å². The normalized spacial score (nSPS) is 10.9. The maximum atomic E-state index is 13.1. The Labute approximate surface area is 149 Å². The number of methoxy groups -OCH3 is 1. The molecule has 134 valence electrons. The first-order valence-corrected chi connectivity index (χ1v) is 8.12. The van der Waals surface area contributed by atoms with Crippen LogP contribution in [0.25, 0.3) is 16.7 Å². The van der Waals surface area contributed by atoms with Crippen LogP contribution in [-0.4, -0.2) is 33.7 Å². The Morgan fingerprint density at radius 1 is 1.23 bits per heavy atom. The van der Waals surface area contributed by atoms with Gasteiger partial charge in [-0.25, -0.2) is 4.98 Å². The molecule has 0 unspecified atom stereocenters. The highest BCUT2D eigenvalue weighted by atomic mass is 16.5. The summed E-state index contributed by atoms with van der Waals surface area (Å²) in [6, 6.07) is 9.86. The van der Waals surface area contributed by atoms with Crippen LogP contribution in [0.5, 0.6) is 11.5 Å². The zero-order valence-electron chi connectivity index (χ0n) is 14.7. The first-order chi connectivity index (χ1) is 12.4. The van der Waals surface area contributed by atoms with Gasteiger partial charge in [-0.3, -0.25) is 14.2 Å². The minimum Gasteiger partial charge on any atom is -0.506 e. The zero-order chi connectivity index (χ0) is 18.8. The van der Waals surface area contributed by atoms with Crippen LogP contribution in [0.15, 0.2) is 47.4 Å². The van der Waals surface area contributed by atoms with Gasteiger partial charge in [-0.05, 0) is 50.2 Å². The highest BCUT2D eigenvalue weighted by Gasteiger charge is 2.23. The second-order valence-corrected chi connectivity index (χ2v) is 6.06. The molecule has 0 radical (unpaired) electrons. The first-order valence-electron chi connectivity index (χ1n) is 8.12. The summed E-state index contributed by atoms with van der Waals surface area (Å²) in [5.74, 6) is -0.368. The Hall–Kier alpha value is -3.35. The lowest BCUT2D eigenvalue weighted by Crippen LogP contribution is -2.36. The number of fused-ring (bicyclic) bond motifs is 1. The van der Waals surface area contributed by atoms with E-state index in [-0.39, 0.29) is 23.0 Å². The van der Waals surface area contributed by atoms with E-state index < -0.39 is 11.5 Å². The number of carbonyl (C=O) groups excluding carboxylic acids is 1. The van der Waals surface area contributed by atoms with E-state index in [1.54, 1.807) is 57.4 Å². The van der Waals surface area contributed by atoms with Gasteiger partial charge >= 0.3 is 0 Å². The molecule has 7 nitrogen and oxygen atoms in total. The van der Waals surface area contributed by atoms with Gasteiger partial charge in [0, 0.05) is 12.2 Å². The molecule has 2 heterocycles. The van der Waals surface area contributed by atoms with Gasteiger partial charge in [-0.1, -0.05) is 0 Å². The van der Waals surface area contributed by atoms with E-state index in [0.29, 0.717) is 16.8 Å². The maximum Gasteiger partial charge on any atom is 0.273 e. The molecule has 0 aliphatic rings. The monoisotopic (exact) mass is 353 g/mol. The first kappa shape index (κ1) is 17.5. The van der Waals surface area contributed by atoms with Crippen LogP contribution in [0.4, 0.5) is 0 Å². The third-order valence-corrected chi connectivity index (χ3v) is 3.88. The molecule has 0 saturated carbocycles. The molecule has 26 heavy (non-hydrogen) atoms. The highest BCUT2D eigenvalue weighted by Crippen LogP contribution is 2.27. The molecule has 0 spiro atoms. The van der Waals surface area contributed by atoms with Gasteiger partial charge in [-0.15, -0.1) is 0 Å². The molecule has 0 aliphatic carbocycles. The average Bonchev–Trinajstić information content (AvgIpc) is 2.62. The van der Waals surface area contributed by atoms with E-state index in [2.05, 4.69) is 10.3 Å². The van der Waals surface area contributed by atoms with Crippen molar-refractivity contribution < 1.29 is 14.6 Å². The number of hydrogen-bond donors (Lipinski definition) is 2. The van der Waals surface area contributed by atoms with E-state index in [1.165, 1.54) is 10.8 Å². The van der Waals surface area contributed by atoms with Crippen molar-refractivity contribution in [3.8, 4) is 17.2 Å². The summed E-state index contributed by atoms with van der Waals surface area (Å²) >= 11 is 0. The molecule has 3 rings (SSSR count). The molecule has 2 aromatic heterocycles. The van der Waals surface area contributed by atoms with Crippen LogP contribution in [-0.2, 0) is 0 Å². The summed E-state index contributed by atoms with van der Waals surface area (Å²) < 4.78 is 6.45.